The Labute approximate surface area is 168 Å². The van der Waals surface area contributed by atoms with Gasteiger partial charge in [-0.15, -0.1) is 0 Å². The minimum absolute atomic E-state index is 0.0111. The Hall–Kier alpha value is -2.24. The Morgan fingerprint density at radius 1 is 1.11 bits per heavy atom. The van der Waals surface area contributed by atoms with Crippen LogP contribution in [0, 0.1) is 5.92 Å². The maximum atomic E-state index is 12.8. The SMILES string of the molecule is CC(C)CN1CC(OCc2ccccn2)CN(CCc2ccccc2)CC1=O. The molecule has 0 aliphatic carbocycles. The number of hydrogen-bond donors (Lipinski definition) is 0. The largest absolute Gasteiger partial charge is 0.369 e. The van der Waals surface area contributed by atoms with E-state index < -0.39 is 0 Å². The number of pyridine rings is 1. The van der Waals surface area contributed by atoms with Crippen LogP contribution in [-0.4, -0.2) is 59.5 Å². The summed E-state index contributed by atoms with van der Waals surface area (Å²) in [5.41, 5.74) is 2.22. The molecule has 3 rings (SSSR count). The molecule has 1 aromatic heterocycles. The number of benzene rings is 1. The van der Waals surface area contributed by atoms with E-state index in [2.05, 4.69) is 48.0 Å². The average molecular weight is 382 g/mol. The molecule has 1 aliphatic heterocycles. The van der Waals surface area contributed by atoms with E-state index in [0.29, 0.717) is 25.6 Å². The summed E-state index contributed by atoms with van der Waals surface area (Å²) in [6, 6.07) is 16.3. The molecule has 1 saturated heterocycles. The molecule has 1 amide bonds. The minimum Gasteiger partial charge on any atom is -0.369 e. The predicted octanol–water partition coefficient (Wildman–Crippen LogP) is 3.01. The molecule has 0 bridgehead atoms. The summed E-state index contributed by atoms with van der Waals surface area (Å²) in [4.78, 5) is 21.4. The number of aromatic nitrogens is 1. The molecule has 1 aliphatic rings. The van der Waals surface area contributed by atoms with Crippen molar-refractivity contribution in [3.8, 4) is 0 Å². The first-order chi connectivity index (χ1) is 13.6. The Bertz CT molecular complexity index is 721. The van der Waals surface area contributed by atoms with Crippen molar-refractivity contribution in [2.75, 3.05) is 32.7 Å². The predicted molar refractivity (Wildman–Crippen MR) is 111 cm³/mol. The molecular weight excluding hydrogens is 350 g/mol. The van der Waals surface area contributed by atoms with Crippen LogP contribution in [0.15, 0.2) is 54.7 Å². The fraction of sp³-hybridized carbons (Fsp3) is 0.478. The van der Waals surface area contributed by atoms with Gasteiger partial charge in [0.15, 0.2) is 0 Å². The standard InChI is InChI=1S/C23H31N3O2/c1-19(2)14-26-16-22(28-18-21-10-6-7-12-24-21)15-25(17-23(26)27)13-11-20-8-4-3-5-9-20/h3-10,12,19,22H,11,13-18H2,1-2H3. The monoisotopic (exact) mass is 381 g/mol. The zero-order chi connectivity index (χ0) is 19.8. The lowest BCUT2D eigenvalue weighted by molar-refractivity contribution is -0.132. The third kappa shape index (κ3) is 6.43. The molecule has 5 nitrogen and oxygen atoms in total. The summed E-state index contributed by atoms with van der Waals surface area (Å²) in [7, 11) is 0. The van der Waals surface area contributed by atoms with Crippen LogP contribution >= 0.6 is 0 Å². The molecule has 2 aromatic rings. The van der Waals surface area contributed by atoms with Crippen molar-refractivity contribution in [2.45, 2.75) is 33.0 Å². The maximum absolute atomic E-state index is 12.8. The Balaban J connectivity index is 1.64. The van der Waals surface area contributed by atoms with Crippen molar-refractivity contribution < 1.29 is 9.53 Å². The summed E-state index contributed by atoms with van der Waals surface area (Å²) in [6.45, 7) is 8.27. The van der Waals surface area contributed by atoms with E-state index in [0.717, 1.165) is 31.7 Å². The highest BCUT2D eigenvalue weighted by Crippen LogP contribution is 2.13. The van der Waals surface area contributed by atoms with Crippen LogP contribution in [0.4, 0.5) is 0 Å². The first-order valence-electron chi connectivity index (χ1n) is 10.2. The Morgan fingerprint density at radius 3 is 2.61 bits per heavy atom. The number of carbonyl (C=O) groups excluding carboxylic acids is 1. The van der Waals surface area contributed by atoms with Crippen LogP contribution in [0.1, 0.15) is 25.1 Å². The van der Waals surface area contributed by atoms with Gasteiger partial charge in [-0.25, -0.2) is 0 Å². The molecule has 5 heteroatoms. The smallest absolute Gasteiger partial charge is 0.236 e. The normalized spacial score (nSPS) is 18.5. The molecule has 1 fully saturated rings. The van der Waals surface area contributed by atoms with E-state index in [1.807, 2.05) is 29.2 Å². The van der Waals surface area contributed by atoms with Crippen LogP contribution < -0.4 is 0 Å². The molecule has 0 spiro atoms. The van der Waals surface area contributed by atoms with Crippen molar-refractivity contribution in [2.24, 2.45) is 5.92 Å². The van der Waals surface area contributed by atoms with Crippen molar-refractivity contribution in [1.29, 1.82) is 0 Å². The molecular formula is C23H31N3O2. The first kappa shape index (κ1) is 20.5. The van der Waals surface area contributed by atoms with Crippen LogP contribution in [-0.2, 0) is 22.6 Å². The maximum Gasteiger partial charge on any atom is 0.236 e. The van der Waals surface area contributed by atoms with Crippen molar-refractivity contribution in [3.05, 3.63) is 66.0 Å². The molecule has 0 saturated carbocycles. The topological polar surface area (TPSA) is 45.7 Å². The van der Waals surface area contributed by atoms with Gasteiger partial charge in [-0.1, -0.05) is 50.2 Å². The summed E-state index contributed by atoms with van der Waals surface area (Å²) in [5.74, 6) is 0.641. The Kier molecular flexibility index (Phi) is 7.57. The summed E-state index contributed by atoms with van der Waals surface area (Å²) < 4.78 is 6.19. The van der Waals surface area contributed by atoms with Gasteiger partial charge in [0.2, 0.25) is 5.91 Å². The summed E-state index contributed by atoms with van der Waals surface area (Å²) in [6.07, 6.45) is 2.71. The lowest BCUT2D eigenvalue weighted by atomic mass is 10.1. The zero-order valence-electron chi connectivity index (χ0n) is 17.0. The lowest BCUT2D eigenvalue weighted by Gasteiger charge is -2.26. The number of carbonyl (C=O) groups is 1. The fourth-order valence-electron chi connectivity index (χ4n) is 3.56. The van der Waals surface area contributed by atoms with Gasteiger partial charge in [0.1, 0.15) is 0 Å². The number of nitrogens with zero attached hydrogens (tertiary/aromatic N) is 3. The molecule has 0 N–H and O–H groups in total. The third-order valence-electron chi connectivity index (χ3n) is 4.94. The van der Waals surface area contributed by atoms with E-state index in [9.17, 15) is 4.79 Å². The highest BCUT2D eigenvalue weighted by molar-refractivity contribution is 5.78. The number of ether oxygens (including phenoxy) is 1. The van der Waals surface area contributed by atoms with Gasteiger partial charge in [0, 0.05) is 32.4 Å². The van der Waals surface area contributed by atoms with Crippen molar-refractivity contribution >= 4 is 5.91 Å². The molecule has 1 unspecified atom stereocenters. The lowest BCUT2D eigenvalue weighted by Crippen LogP contribution is -2.40. The summed E-state index contributed by atoms with van der Waals surface area (Å²) in [5, 5.41) is 0. The van der Waals surface area contributed by atoms with E-state index >= 15 is 0 Å². The van der Waals surface area contributed by atoms with E-state index in [-0.39, 0.29) is 12.0 Å². The van der Waals surface area contributed by atoms with E-state index in [4.69, 9.17) is 4.74 Å². The van der Waals surface area contributed by atoms with Gasteiger partial charge in [0.25, 0.3) is 0 Å². The summed E-state index contributed by atoms with van der Waals surface area (Å²) >= 11 is 0. The molecule has 150 valence electrons. The van der Waals surface area contributed by atoms with Gasteiger partial charge in [-0.3, -0.25) is 14.7 Å². The van der Waals surface area contributed by atoms with Crippen LogP contribution in [0.3, 0.4) is 0 Å². The highest BCUT2D eigenvalue weighted by Gasteiger charge is 2.28. The van der Waals surface area contributed by atoms with Crippen molar-refractivity contribution in [3.63, 3.8) is 0 Å². The van der Waals surface area contributed by atoms with Gasteiger partial charge in [0.05, 0.1) is 24.9 Å². The quantitative estimate of drug-likeness (QED) is 0.705. The van der Waals surface area contributed by atoms with E-state index in [1.165, 1.54) is 5.56 Å². The molecule has 28 heavy (non-hydrogen) atoms. The van der Waals surface area contributed by atoms with Gasteiger partial charge < -0.3 is 9.64 Å². The average Bonchev–Trinajstić information content (AvgIpc) is 2.84. The van der Waals surface area contributed by atoms with Gasteiger partial charge in [-0.05, 0) is 30.0 Å². The molecule has 1 atom stereocenters. The van der Waals surface area contributed by atoms with Gasteiger partial charge in [-0.2, -0.15) is 0 Å². The third-order valence-corrected chi connectivity index (χ3v) is 4.94. The number of amides is 1. The highest BCUT2D eigenvalue weighted by atomic mass is 16.5. The second-order valence-corrected chi connectivity index (χ2v) is 7.92. The minimum atomic E-state index is -0.0111. The number of rotatable bonds is 8. The van der Waals surface area contributed by atoms with Crippen LogP contribution in [0.2, 0.25) is 0 Å². The van der Waals surface area contributed by atoms with Crippen molar-refractivity contribution in [1.82, 2.24) is 14.8 Å². The second kappa shape index (κ2) is 10.3. The van der Waals surface area contributed by atoms with E-state index in [1.54, 1.807) is 6.20 Å². The fourth-order valence-corrected chi connectivity index (χ4v) is 3.56. The van der Waals surface area contributed by atoms with Crippen LogP contribution in [0.5, 0.6) is 0 Å². The first-order valence-corrected chi connectivity index (χ1v) is 10.2. The van der Waals surface area contributed by atoms with Crippen LogP contribution in [0.25, 0.3) is 0 Å². The zero-order valence-corrected chi connectivity index (χ0v) is 17.0. The van der Waals surface area contributed by atoms with Gasteiger partial charge >= 0.3 is 0 Å². The second-order valence-electron chi connectivity index (χ2n) is 7.92. The molecule has 2 heterocycles. The molecule has 1 aromatic carbocycles. The Morgan fingerprint density at radius 2 is 1.89 bits per heavy atom. The molecule has 0 radical (unpaired) electrons. The number of hydrogen-bond acceptors (Lipinski definition) is 4.